The molecule has 0 aliphatic rings. The van der Waals surface area contributed by atoms with E-state index in [1.165, 1.54) is 5.56 Å². The van der Waals surface area contributed by atoms with E-state index in [9.17, 15) is 9.59 Å². The number of pyridine rings is 1. The molecule has 0 spiro atoms. The zero-order valence-corrected chi connectivity index (χ0v) is 19.2. The molecule has 2 aromatic carbocycles. The molecule has 0 fully saturated rings. The molecule has 1 N–H and O–H groups in total. The molecule has 5 heteroatoms. The van der Waals surface area contributed by atoms with E-state index < -0.39 is 12.1 Å². The number of nitrogens with one attached hydrogen (secondary N) is 1. The summed E-state index contributed by atoms with van der Waals surface area (Å²) in [6.07, 6.45) is 4.79. The average Bonchev–Trinajstić information content (AvgIpc) is 3.35. The maximum atomic E-state index is 13.3. The first-order valence-electron chi connectivity index (χ1n) is 11.1. The van der Waals surface area contributed by atoms with Gasteiger partial charge in [0.2, 0.25) is 5.78 Å². The fourth-order valence-corrected chi connectivity index (χ4v) is 3.87. The van der Waals surface area contributed by atoms with Gasteiger partial charge in [-0.25, -0.2) is 0 Å². The second-order valence-corrected chi connectivity index (χ2v) is 9.21. The number of hydrogen-bond donors (Lipinski definition) is 1. The fourth-order valence-electron chi connectivity index (χ4n) is 3.87. The number of fused-ring (bicyclic) bond motifs is 1. The number of carbonyl (C=O) groups excluding carboxylic acids is 2. The van der Waals surface area contributed by atoms with Gasteiger partial charge in [0.1, 0.15) is 0 Å². The Morgan fingerprint density at radius 1 is 1.00 bits per heavy atom. The normalized spacial score (nSPS) is 12.5. The van der Waals surface area contributed by atoms with Crippen LogP contribution < -0.4 is 0 Å². The Hall–Kier alpha value is -3.73. The van der Waals surface area contributed by atoms with Crippen LogP contribution in [0, 0.1) is 0 Å². The topological polar surface area (TPSA) is 72.1 Å². The molecule has 0 saturated heterocycles. The van der Waals surface area contributed by atoms with Crippen LogP contribution in [-0.4, -0.2) is 21.7 Å². The highest BCUT2D eigenvalue weighted by Crippen LogP contribution is 2.29. The van der Waals surface area contributed by atoms with Crippen molar-refractivity contribution in [2.24, 2.45) is 0 Å². The number of benzene rings is 2. The molecule has 2 aromatic heterocycles. The summed E-state index contributed by atoms with van der Waals surface area (Å²) in [4.78, 5) is 33.2. The lowest BCUT2D eigenvalue weighted by atomic mass is 9.86. The Labute approximate surface area is 193 Å². The molecule has 4 rings (SSSR count). The van der Waals surface area contributed by atoms with Crippen LogP contribution in [0.15, 0.2) is 79.3 Å². The van der Waals surface area contributed by atoms with Crippen molar-refractivity contribution in [3.63, 3.8) is 0 Å². The van der Waals surface area contributed by atoms with E-state index in [0.717, 1.165) is 16.3 Å². The second-order valence-electron chi connectivity index (χ2n) is 9.21. The minimum Gasteiger partial charge on any atom is -0.449 e. The molecule has 0 radical (unpaired) electrons. The van der Waals surface area contributed by atoms with Crippen molar-refractivity contribution in [2.75, 3.05) is 0 Å². The molecule has 1 atom stereocenters. The van der Waals surface area contributed by atoms with E-state index in [4.69, 9.17) is 4.74 Å². The average molecular weight is 441 g/mol. The van der Waals surface area contributed by atoms with Gasteiger partial charge in [-0.1, -0.05) is 63.2 Å². The van der Waals surface area contributed by atoms with E-state index in [2.05, 4.69) is 42.9 Å². The van der Waals surface area contributed by atoms with Crippen LogP contribution in [0.5, 0.6) is 0 Å². The van der Waals surface area contributed by atoms with Crippen LogP contribution in [0.2, 0.25) is 0 Å². The summed E-state index contributed by atoms with van der Waals surface area (Å²) in [5, 5.41) is 1.72. The molecule has 0 saturated carbocycles. The number of aromatic nitrogens is 2. The first-order chi connectivity index (χ1) is 15.8. The van der Waals surface area contributed by atoms with Crippen molar-refractivity contribution in [1.29, 1.82) is 0 Å². The van der Waals surface area contributed by atoms with Crippen molar-refractivity contribution in [2.45, 2.75) is 45.1 Å². The molecule has 0 amide bonds. The lowest BCUT2D eigenvalue weighted by molar-refractivity contribution is -0.147. The SMILES string of the molecule is CC(C)(C)c1ccc(CCC(=O)OC(C(=O)c2ccc[nH]2)c2cccc3cnccc23)cc1. The van der Waals surface area contributed by atoms with Crippen molar-refractivity contribution in [3.8, 4) is 0 Å². The number of H-pyrrole nitrogens is 1. The zero-order valence-electron chi connectivity index (χ0n) is 19.2. The van der Waals surface area contributed by atoms with Crippen LogP contribution in [0.1, 0.15) is 60.5 Å². The van der Waals surface area contributed by atoms with Gasteiger partial charge in [0.15, 0.2) is 6.10 Å². The predicted octanol–water partition coefficient (Wildman–Crippen LogP) is 5.96. The highest BCUT2D eigenvalue weighted by atomic mass is 16.5. The van der Waals surface area contributed by atoms with Crippen LogP contribution in [0.4, 0.5) is 0 Å². The maximum absolute atomic E-state index is 13.3. The van der Waals surface area contributed by atoms with Gasteiger partial charge in [-0.15, -0.1) is 0 Å². The van der Waals surface area contributed by atoms with Gasteiger partial charge in [0.25, 0.3) is 0 Å². The summed E-state index contributed by atoms with van der Waals surface area (Å²) in [5.74, 6) is -0.696. The Bertz CT molecular complexity index is 1250. The first kappa shape index (κ1) is 22.5. The maximum Gasteiger partial charge on any atom is 0.307 e. The molecule has 168 valence electrons. The van der Waals surface area contributed by atoms with Crippen molar-refractivity contribution >= 4 is 22.5 Å². The third kappa shape index (κ3) is 5.20. The van der Waals surface area contributed by atoms with Gasteiger partial charge in [-0.3, -0.25) is 14.6 Å². The number of ether oxygens (including phenoxy) is 1. The number of aromatic amines is 1. The van der Waals surface area contributed by atoms with Crippen molar-refractivity contribution in [1.82, 2.24) is 9.97 Å². The number of ketones is 1. The van der Waals surface area contributed by atoms with Crippen LogP contribution >= 0.6 is 0 Å². The summed E-state index contributed by atoms with van der Waals surface area (Å²) in [6.45, 7) is 6.51. The Kier molecular flexibility index (Phi) is 6.40. The molecule has 0 aliphatic carbocycles. The lowest BCUT2D eigenvalue weighted by Crippen LogP contribution is -2.21. The second kappa shape index (κ2) is 9.41. The molecule has 4 aromatic rings. The molecule has 0 bridgehead atoms. The number of carbonyl (C=O) groups is 2. The number of Topliss-reactive ketones (excluding diaryl/α,β-unsaturated/α-hetero) is 1. The summed E-state index contributed by atoms with van der Waals surface area (Å²) in [7, 11) is 0. The summed E-state index contributed by atoms with van der Waals surface area (Å²) in [5.41, 5.74) is 3.44. The van der Waals surface area contributed by atoms with Gasteiger partial charge in [0.05, 0.1) is 5.69 Å². The molecule has 0 aliphatic heterocycles. The van der Waals surface area contributed by atoms with Crippen LogP contribution in [0.3, 0.4) is 0 Å². The van der Waals surface area contributed by atoms with Gasteiger partial charge >= 0.3 is 5.97 Å². The first-order valence-corrected chi connectivity index (χ1v) is 11.1. The Morgan fingerprint density at radius 2 is 1.79 bits per heavy atom. The van der Waals surface area contributed by atoms with Crippen LogP contribution in [-0.2, 0) is 21.4 Å². The van der Waals surface area contributed by atoms with E-state index in [-0.39, 0.29) is 17.6 Å². The molecular weight excluding hydrogens is 412 g/mol. The highest BCUT2D eigenvalue weighted by Gasteiger charge is 2.28. The summed E-state index contributed by atoms with van der Waals surface area (Å²) < 4.78 is 5.80. The fraction of sp³-hybridized carbons (Fsp3) is 0.250. The third-order valence-corrected chi connectivity index (χ3v) is 5.79. The van der Waals surface area contributed by atoms with Crippen molar-refractivity contribution < 1.29 is 14.3 Å². The molecule has 5 nitrogen and oxygen atoms in total. The molecular formula is C28H28N2O3. The summed E-state index contributed by atoms with van der Waals surface area (Å²) in [6, 6.07) is 19.2. The molecule has 33 heavy (non-hydrogen) atoms. The summed E-state index contributed by atoms with van der Waals surface area (Å²) >= 11 is 0. The van der Waals surface area contributed by atoms with Gasteiger partial charge < -0.3 is 9.72 Å². The minimum absolute atomic E-state index is 0.0802. The third-order valence-electron chi connectivity index (χ3n) is 5.79. The quantitative estimate of drug-likeness (QED) is 0.284. The Balaban J connectivity index is 1.54. The van der Waals surface area contributed by atoms with E-state index in [1.807, 2.05) is 36.4 Å². The zero-order chi connectivity index (χ0) is 23.4. The monoisotopic (exact) mass is 440 g/mol. The lowest BCUT2D eigenvalue weighted by Gasteiger charge is -2.19. The number of aryl methyl sites for hydroxylation is 1. The highest BCUT2D eigenvalue weighted by molar-refractivity contribution is 6.02. The molecule has 2 heterocycles. The van der Waals surface area contributed by atoms with E-state index >= 15 is 0 Å². The van der Waals surface area contributed by atoms with Gasteiger partial charge in [0, 0.05) is 36.0 Å². The largest absolute Gasteiger partial charge is 0.449 e. The number of hydrogen-bond acceptors (Lipinski definition) is 4. The smallest absolute Gasteiger partial charge is 0.307 e. The van der Waals surface area contributed by atoms with E-state index in [1.54, 1.807) is 30.7 Å². The van der Waals surface area contributed by atoms with Crippen molar-refractivity contribution in [3.05, 3.63) is 102 Å². The van der Waals surface area contributed by atoms with Gasteiger partial charge in [-0.05, 0) is 46.5 Å². The number of nitrogens with zero attached hydrogens (tertiary/aromatic N) is 1. The minimum atomic E-state index is -1.04. The van der Waals surface area contributed by atoms with Gasteiger partial charge in [-0.2, -0.15) is 0 Å². The van der Waals surface area contributed by atoms with E-state index in [0.29, 0.717) is 17.7 Å². The predicted molar refractivity (Wildman–Crippen MR) is 129 cm³/mol. The Morgan fingerprint density at radius 3 is 2.48 bits per heavy atom. The van der Waals surface area contributed by atoms with Crippen LogP contribution in [0.25, 0.3) is 10.8 Å². The number of esters is 1. The molecule has 1 unspecified atom stereocenters. The standard InChI is InChI=1S/C28H28N2O3/c1-28(2,3)21-12-9-19(10-13-21)11-14-25(31)33-27(26(32)24-8-5-16-30-24)23-7-4-6-20-18-29-17-15-22(20)23/h4-10,12-13,15-18,27,30H,11,14H2,1-3H3. The number of rotatable bonds is 7.